The largest absolute Gasteiger partial charge is 0.507 e. The normalized spacial score (nSPS) is 10.3. The first-order valence-electron chi connectivity index (χ1n) is 6.22. The zero-order valence-electron chi connectivity index (χ0n) is 11.3. The molecule has 0 radical (unpaired) electrons. The Morgan fingerprint density at radius 1 is 1.50 bits per heavy atom. The monoisotopic (exact) mass is 276 g/mol. The van der Waals surface area contributed by atoms with Crippen LogP contribution in [-0.4, -0.2) is 23.1 Å². The van der Waals surface area contributed by atoms with E-state index in [2.05, 4.69) is 10.3 Å². The molecule has 0 unspecified atom stereocenters. The van der Waals surface area contributed by atoms with Crippen molar-refractivity contribution in [3.05, 3.63) is 41.6 Å². The molecule has 0 fully saturated rings. The second-order valence-electron chi connectivity index (χ2n) is 4.14. The molecule has 0 spiro atoms. The summed E-state index contributed by atoms with van der Waals surface area (Å²) in [5.74, 6) is 1.16. The second-order valence-corrected chi connectivity index (χ2v) is 4.14. The predicted octanol–water partition coefficient (Wildman–Crippen LogP) is 1.88. The fraction of sp³-hybridized carbons (Fsp3) is 0.286. The molecule has 0 atom stereocenters. The van der Waals surface area contributed by atoms with Gasteiger partial charge < -0.3 is 19.6 Å². The molecule has 0 saturated heterocycles. The quantitative estimate of drug-likeness (QED) is 0.871. The number of carbonyl (C=O) groups excluding carboxylic acids is 1. The van der Waals surface area contributed by atoms with E-state index in [1.54, 1.807) is 12.3 Å². The lowest BCUT2D eigenvalue weighted by Crippen LogP contribution is -2.23. The van der Waals surface area contributed by atoms with E-state index in [0.29, 0.717) is 11.6 Å². The molecular formula is C14H16N2O4. The van der Waals surface area contributed by atoms with Crippen molar-refractivity contribution >= 4 is 5.91 Å². The van der Waals surface area contributed by atoms with Gasteiger partial charge in [0.25, 0.3) is 5.91 Å². The number of aromatic nitrogens is 1. The fourth-order valence-electron chi connectivity index (χ4n) is 1.67. The first kappa shape index (κ1) is 13.9. The molecule has 20 heavy (non-hydrogen) atoms. The number of hydrogen-bond donors (Lipinski definition) is 2. The predicted molar refractivity (Wildman–Crippen MR) is 71.7 cm³/mol. The first-order chi connectivity index (χ1) is 9.63. The van der Waals surface area contributed by atoms with E-state index in [0.717, 1.165) is 12.2 Å². The standard InChI is InChI=1S/C14H16N2O4/c1-3-9-7-15-13(20-9)8-16-14(18)11-6-10(19-2)4-5-12(11)17/h4-7,17H,3,8H2,1-2H3,(H,16,18). The van der Waals surface area contributed by atoms with Crippen molar-refractivity contribution in [3.63, 3.8) is 0 Å². The SMILES string of the molecule is CCc1cnc(CNC(=O)c2cc(OC)ccc2O)o1. The number of aryl methyl sites for hydroxylation is 1. The maximum absolute atomic E-state index is 12.0. The minimum Gasteiger partial charge on any atom is -0.507 e. The number of aromatic hydroxyl groups is 1. The molecule has 0 aliphatic rings. The van der Waals surface area contributed by atoms with E-state index < -0.39 is 5.91 Å². The van der Waals surface area contributed by atoms with Crippen molar-refractivity contribution in [2.24, 2.45) is 0 Å². The van der Waals surface area contributed by atoms with Gasteiger partial charge in [-0.15, -0.1) is 0 Å². The van der Waals surface area contributed by atoms with Gasteiger partial charge in [0, 0.05) is 6.42 Å². The van der Waals surface area contributed by atoms with Crippen molar-refractivity contribution in [2.45, 2.75) is 19.9 Å². The average molecular weight is 276 g/mol. The molecule has 0 aliphatic heterocycles. The average Bonchev–Trinajstić information content (AvgIpc) is 2.93. The van der Waals surface area contributed by atoms with Crippen LogP contribution in [-0.2, 0) is 13.0 Å². The maximum Gasteiger partial charge on any atom is 0.255 e. The molecule has 106 valence electrons. The number of carbonyl (C=O) groups is 1. The minimum absolute atomic E-state index is 0.107. The van der Waals surface area contributed by atoms with Gasteiger partial charge in [0.1, 0.15) is 17.3 Å². The van der Waals surface area contributed by atoms with Crippen LogP contribution in [0.2, 0.25) is 0 Å². The number of nitrogens with one attached hydrogen (secondary N) is 1. The summed E-state index contributed by atoms with van der Waals surface area (Å²) in [6.45, 7) is 2.12. The Labute approximate surface area is 116 Å². The van der Waals surface area contributed by atoms with Crippen molar-refractivity contribution in [1.29, 1.82) is 0 Å². The molecule has 2 aromatic rings. The molecule has 0 aliphatic carbocycles. The summed E-state index contributed by atoms with van der Waals surface area (Å²) < 4.78 is 10.4. The van der Waals surface area contributed by atoms with Crippen LogP contribution < -0.4 is 10.1 Å². The third kappa shape index (κ3) is 3.09. The van der Waals surface area contributed by atoms with Crippen molar-refractivity contribution in [1.82, 2.24) is 10.3 Å². The number of amides is 1. The summed E-state index contributed by atoms with van der Waals surface area (Å²) in [5, 5.41) is 12.3. The zero-order valence-corrected chi connectivity index (χ0v) is 11.3. The lowest BCUT2D eigenvalue weighted by Gasteiger charge is -2.07. The van der Waals surface area contributed by atoms with E-state index in [1.165, 1.54) is 19.2 Å². The van der Waals surface area contributed by atoms with Gasteiger partial charge in [0.2, 0.25) is 5.89 Å². The van der Waals surface area contributed by atoms with E-state index in [1.807, 2.05) is 6.92 Å². The molecule has 0 saturated carbocycles. The Kier molecular flexibility index (Phi) is 4.24. The molecule has 2 N–H and O–H groups in total. The maximum atomic E-state index is 12.0. The number of ether oxygens (including phenoxy) is 1. The van der Waals surface area contributed by atoms with Crippen LogP contribution in [0.15, 0.2) is 28.8 Å². The Morgan fingerprint density at radius 3 is 2.95 bits per heavy atom. The number of benzene rings is 1. The van der Waals surface area contributed by atoms with Crippen molar-refractivity contribution < 1.29 is 19.1 Å². The number of hydrogen-bond acceptors (Lipinski definition) is 5. The summed E-state index contributed by atoms with van der Waals surface area (Å²) in [5.41, 5.74) is 0.145. The number of phenols is 1. The number of rotatable bonds is 5. The van der Waals surface area contributed by atoms with Gasteiger partial charge in [-0.2, -0.15) is 0 Å². The Bertz CT molecular complexity index is 607. The highest BCUT2D eigenvalue weighted by molar-refractivity contribution is 5.97. The molecule has 1 aromatic heterocycles. The number of nitrogens with zero attached hydrogens (tertiary/aromatic N) is 1. The lowest BCUT2D eigenvalue weighted by molar-refractivity contribution is 0.0944. The number of phenolic OH excluding ortho intramolecular Hbond substituents is 1. The lowest BCUT2D eigenvalue weighted by atomic mass is 10.2. The third-order valence-electron chi connectivity index (χ3n) is 2.80. The Balaban J connectivity index is 2.04. The van der Waals surface area contributed by atoms with Crippen LogP contribution in [0.25, 0.3) is 0 Å². The summed E-state index contributed by atoms with van der Waals surface area (Å²) in [6, 6.07) is 4.46. The smallest absolute Gasteiger partial charge is 0.255 e. The van der Waals surface area contributed by atoms with Crippen LogP contribution in [0.4, 0.5) is 0 Å². The summed E-state index contributed by atoms with van der Waals surface area (Å²) in [6.07, 6.45) is 2.38. The molecule has 6 heteroatoms. The van der Waals surface area contributed by atoms with Gasteiger partial charge in [0.15, 0.2) is 0 Å². The van der Waals surface area contributed by atoms with Gasteiger partial charge in [-0.1, -0.05) is 6.92 Å². The second kappa shape index (κ2) is 6.10. The molecule has 1 amide bonds. The summed E-state index contributed by atoms with van der Waals surface area (Å²) >= 11 is 0. The molecule has 1 heterocycles. The van der Waals surface area contributed by atoms with Crippen LogP contribution >= 0.6 is 0 Å². The van der Waals surface area contributed by atoms with E-state index in [4.69, 9.17) is 9.15 Å². The Morgan fingerprint density at radius 2 is 2.30 bits per heavy atom. The Hall–Kier alpha value is -2.50. The van der Waals surface area contributed by atoms with E-state index in [-0.39, 0.29) is 17.9 Å². The van der Waals surface area contributed by atoms with Crippen LogP contribution in [0, 0.1) is 0 Å². The fourth-order valence-corrected chi connectivity index (χ4v) is 1.67. The summed E-state index contributed by atoms with van der Waals surface area (Å²) in [7, 11) is 1.49. The minimum atomic E-state index is -0.419. The van der Waals surface area contributed by atoms with Gasteiger partial charge in [-0.3, -0.25) is 4.79 Å². The van der Waals surface area contributed by atoms with Crippen molar-refractivity contribution in [3.8, 4) is 11.5 Å². The topological polar surface area (TPSA) is 84.6 Å². The first-order valence-corrected chi connectivity index (χ1v) is 6.22. The van der Waals surface area contributed by atoms with E-state index >= 15 is 0 Å². The third-order valence-corrected chi connectivity index (χ3v) is 2.80. The van der Waals surface area contributed by atoms with Crippen molar-refractivity contribution in [2.75, 3.05) is 7.11 Å². The van der Waals surface area contributed by atoms with Gasteiger partial charge in [-0.05, 0) is 18.2 Å². The highest BCUT2D eigenvalue weighted by Crippen LogP contribution is 2.22. The molecule has 0 bridgehead atoms. The van der Waals surface area contributed by atoms with E-state index in [9.17, 15) is 9.90 Å². The molecule has 2 rings (SSSR count). The molecular weight excluding hydrogens is 260 g/mol. The van der Waals surface area contributed by atoms with Gasteiger partial charge >= 0.3 is 0 Å². The summed E-state index contributed by atoms with van der Waals surface area (Å²) in [4.78, 5) is 16.0. The molecule has 1 aromatic carbocycles. The molecule has 6 nitrogen and oxygen atoms in total. The number of methoxy groups -OCH3 is 1. The highest BCUT2D eigenvalue weighted by atomic mass is 16.5. The highest BCUT2D eigenvalue weighted by Gasteiger charge is 2.13. The van der Waals surface area contributed by atoms with Gasteiger partial charge in [0.05, 0.1) is 25.4 Å². The van der Waals surface area contributed by atoms with Crippen LogP contribution in [0.5, 0.6) is 11.5 Å². The number of oxazole rings is 1. The van der Waals surface area contributed by atoms with Crippen LogP contribution in [0.3, 0.4) is 0 Å². The van der Waals surface area contributed by atoms with Gasteiger partial charge in [-0.25, -0.2) is 4.98 Å². The van der Waals surface area contributed by atoms with Crippen LogP contribution in [0.1, 0.15) is 28.9 Å². The zero-order chi connectivity index (χ0) is 14.5.